The number of anilines is 5. The third kappa shape index (κ3) is 7.01. The van der Waals surface area contributed by atoms with Gasteiger partial charge in [-0.2, -0.15) is 0 Å². The van der Waals surface area contributed by atoms with Crippen LogP contribution in [-0.4, -0.2) is 27.5 Å². The van der Waals surface area contributed by atoms with E-state index in [4.69, 9.17) is 4.74 Å². The number of hydrogen-bond acceptors (Lipinski definition) is 7. The molecule has 178 valence electrons. The molecule has 2 aromatic heterocycles. The van der Waals surface area contributed by atoms with Crippen LogP contribution in [0.4, 0.5) is 28.8 Å². The van der Waals surface area contributed by atoms with Gasteiger partial charge in [-0.15, -0.1) is 0 Å². The number of hydrogen-bond donors (Lipinski definition) is 3. The van der Waals surface area contributed by atoms with Gasteiger partial charge in [0.2, 0.25) is 0 Å². The molecule has 0 saturated carbocycles. The molecule has 8 nitrogen and oxygen atoms in total. The summed E-state index contributed by atoms with van der Waals surface area (Å²) in [6.07, 6.45) is 5.32. The molecule has 0 unspecified atom stereocenters. The number of aryl methyl sites for hydroxylation is 1. The van der Waals surface area contributed by atoms with Crippen molar-refractivity contribution >= 4 is 34.7 Å². The minimum atomic E-state index is -0.179. The highest BCUT2D eigenvalue weighted by Crippen LogP contribution is 2.21. The summed E-state index contributed by atoms with van der Waals surface area (Å²) in [5.74, 6) is 2.57. The summed E-state index contributed by atoms with van der Waals surface area (Å²) < 4.78 is 5.65. The van der Waals surface area contributed by atoms with Gasteiger partial charge in [0, 0.05) is 29.2 Å². The van der Waals surface area contributed by atoms with Crippen molar-refractivity contribution in [2.75, 3.05) is 22.6 Å². The van der Waals surface area contributed by atoms with E-state index in [9.17, 15) is 4.79 Å². The number of nitrogens with zero attached hydrogens (tertiary/aromatic N) is 3. The number of nitrogens with one attached hydrogen (secondary N) is 3. The summed E-state index contributed by atoms with van der Waals surface area (Å²) in [6, 6.07) is 20.2. The van der Waals surface area contributed by atoms with Gasteiger partial charge in [-0.25, -0.2) is 15.0 Å². The van der Waals surface area contributed by atoms with Crippen molar-refractivity contribution in [2.45, 2.75) is 26.7 Å². The maximum atomic E-state index is 12.6. The van der Waals surface area contributed by atoms with E-state index in [0.717, 1.165) is 29.8 Å². The van der Waals surface area contributed by atoms with Crippen LogP contribution >= 0.6 is 0 Å². The maximum absolute atomic E-state index is 12.6. The first kappa shape index (κ1) is 23.7. The van der Waals surface area contributed by atoms with E-state index < -0.39 is 0 Å². The molecular weight excluding hydrogens is 440 g/mol. The number of aromatic nitrogens is 3. The van der Waals surface area contributed by atoms with Gasteiger partial charge in [-0.1, -0.05) is 13.3 Å². The van der Waals surface area contributed by atoms with Crippen molar-refractivity contribution in [3.8, 4) is 5.75 Å². The van der Waals surface area contributed by atoms with E-state index in [-0.39, 0.29) is 5.91 Å². The van der Waals surface area contributed by atoms with Gasteiger partial charge in [0.05, 0.1) is 6.61 Å². The van der Waals surface area contributed by atoms with Crippen LogP contribution in [0.1, 0.15) is 35.7 Å². The molecule has 1 amide bonds. The predicted molar refractivity (Wildman–Crippen MR) is 139 cm³/mol. The maximum Gasteiger partial charge on any atom is 0.255 e. The Morgan fingerprint density at radius 3 is 2.23 bits per heavy atom. The summed E-state index contributed by atoms with van der Waals surface area (Å²) in [7, 11) is 0. The zero-order chi connectivity index (χ0) is 24.5. The van der Waals surface area contributed by atoms with E-state index in [1.807, 2.05) is 55.5 Å². The van der Waals surface area contributed by atoms with Crippen LogP contribution in [0.15, 0.2) is 79.3 Å². The average molecular weight is 469 g/mol. The summed E-state index contributed by atoms with van der Waals surface area (Å²) >= 11 is 0. The Morgan fingerprint density at radius 2 is 1.51 bits per heavy atom. The summed E-state index contributed by atoms with van der Waals surface area (Å²) in [6.45, 7) is 4.81. The Hall–Kier alpha value is -4.46. The van der Waals surface area contributed by atoms with Crippen LogP contribution in [0.5, 0.6) is 5.75 Å². The Morgan fingerprint density at radius 1 is 0.829 bits per heavy atom. The van der Waals surface area contributed by atoms with Crippen molar-refractivity contribution in [1.29, 1.82) is 0 Å². The first-order valence-corrected chi connectivity index (χ1v) is 11.5. The lowest BCUT2D eigenvalue weighted by atomic mass is 10.2. The Bertz CT molecular complexity index is 1260. The third-order valence-electron chi connectivity index (χ3n) is 5.14. The molecule has 0 fully saturated rings. The highest BCUT2D eigenvalue weighted by molar-refractivity contribution is 6.04. The number of pyridine rings is 1. The Kier molecular flexibility index (Phi) is 7.85. The molecule has 0 aliphatic carbocycles. The van der Waals surface area contributed by atoms with E-state index in [1.54, 1.807) is 24.4 Å². The van der Waals surface area contributed by atoms with Crippen LogP contribution in [0, 0.1) is 6.92 Å². The second kappa shape index (κ2) is 11.6. The van der Waals surface area contributed by atoms with Crippen LogP contribution < -0.4 is 20.7 Å². The lowest BCUT2D eigenvalue weighted by Crippen LogP contribution is -2.11. The van der Waals surface area contributed by atoms with E-state index in [1.165, 1.54) is 6.33 Å². The van der Waals surface area contributed by atoms with Crippen LogP contribution in [0.2, 0.25) is 0 Å². The fourth-order valence-corrected chi connectivity index (χ4v) is 3.25. The van der Waals surface area contributed by atoms with Crippen molar-refractivity contribution in [2.24, 2.45) is 0 Å². The van der Waals surface area contributed by atoms with Crippen LogP contribution in [0.25, 0.3) is 0 Å². The molecule has 4 aromatic rings. The minimum Gasteiger partial charge on any atom is -0.494 e. The monoisotopic (exact) mass is 468 g/mol. The molecule has 0 bridgehead atoms. The number of carbonyl (C=O) groups is 1. The largest absolute Gasteiger partial charge is 0.494 e. The summed E-state index contributed by atoms with van der Waals surface area (Å²) in [5.41, 5.74) is 3.20. The van der Waals surface area contributed by atoms with E-state index in [2.05, 4.69) is 37.8 Å². The lowest BCUT2D eigenvalue weighted by molar-refractivity contribution is 0.102. The van der Waals surface area contributed by atoms with Crippen molar-refractivity contribution in [3.05, 3.63) is 90.4 Å². The quantitative estimate of drug-likeness (QED) is 0.242. The standard InChI is InChI=1S/C27H28N6O2/c1-3-4-15-35-23-11-5-20(6-12-23)27(34)32-22-9-7-21(8-10-22)31-25-17-26(30-18-29-25)33-24-16-19(2)13-14-28-24/h5-14,16-18H,3-4,15H2,1-2H3,(H,32,34)(H2,28,29,30,31,33). The number of ether oxygens (including phenoxy) is 1. The second-order valence-electron chi connectivity index (χ2n) is 8.01. The number of rotatable bonds is 10. The fraction of sp³-hybridized carbons (Fsp3) is 0.185. The molecule has 0 radical (unpaired) electrons. The third-order valence-corrected chi connectivity index (χ3v) is 5.14. The van der Waals surface area contributed by atoms with Gasteiger partial charge in [0.25, 0.3) is 5.91 Å². The van der Waals surface area contributed by atoms with E-state index >= 15 is 0 Å². The molecule has 0 spiro atoms. The molecule has 2 aromatic carbocycles. The predicted octanol–water partition coefficient (Wildman–Crippen LogP) is 6.10. The smallest absolute Gasteiger partial charge is 0.255 e. The number of carbonyl (C=O) groups excluding carboxylic acids is 1. The van der Waals surface area contributed by atoms with Gasteiger partial charge in [-0.05, 0) is 79.6 Å². The second-order valence-corrected chi connectivity index (χ2v) is 8.01. The summed E-state index contributed by atoms with van der Waals surface area (Å²) in [4.78, 5) is 25.4. The molecule has 35 heavy (non-hydrogen) atoms. The zero-order valence-corrected chi connectivity index (χ0v) is 19.8. The van der Waals surface area contributed by atoms with Gasteiger partial charge >= 0.3 is 0 Å². The van der Waals surface area contributed by atoms with Gasteiger partial charge in [0.1, 0.15) is 29.5 Å². The Labute approximate surface area is 204 Å². The van der Waals surface area contributed by atoms with Crippen molar-refractivity contribution in [1.82, 2.24) is 15.0 Å². The topological polar surface area (TPSA) is 101 Å². The molecule has 4 rings (SSSR count). The molecule has 2 heterocycles. The molecule has 3 N–H and O–H groups in total. The number of unbranched alkanes of at least 4 members (excludes halogenated alkanes) is 1. The zero-order valence-electron chi connectivity index (χ0n) is 19.8. The normalized spacial score (nSPS) is 10.5. The fourth-order valence-electron chi connectivity index (χ4n) is 3.25. The number of benzene rings is 2. The van der Waals surface area contributed by atoms with Crippen LogP contribution in [-0.2, 0) is 0 Å². The van der Waals surface area contributed by atoms with Crippen molar-refractivity contribution < 1.29 is 9.53 Å². The highest BCUT2D eigenvalue weighted by atomic mass is 16.5. The molecule has 0 atom stereocenters. The Balaban J connectivity index is 1.33. The molecule has 8 heteroatoms. The lowest BCUT2D eigenvalue weighted by Gasteiger charge is -2.10. The first-order valence-electron chi connectivity index (χ1n) is 11.5. The van der Waals surface area contributed by atoms with Gasteiger partial charge in [0.15, 0.2) is 0 Å². The SMILES string of the molecule is CCCCOc1ccc(C(=O)Nc2ccc(Nc3cc(Nc4cc(C)ccn4)ncn3)cc2)cc1. The van der Waals surface area contributed by atoms with Gasteiger partial charge < -0.3 is 20.7 Å². The average Bonchev–Trinajstić information content (AvgIpc) is 2.86. The van der Waals surface area contributed by atoms with Gasteiger partial charge in [-0.3, -0.25) is 4.79 Å². The van der Waals surface area contributed by atoms with Crippen LogP contribution in [0.3, 0.4) is 0 Å². The summed E-state index contributed by atoms with van der Waals surface area (Å²) in [5, 5.41) is 9.33. The van der Waals surface area contributed by atoms with E-state index in [0.29, 0.717) is 35.3 Å². The molecule has 0 aliphatic rings. The minimum absolute atomic E-state index is 0.179. The highest BCUT2D eigenvalue weighted by Gasteiger charge is 2.07. The molecular formula is C27H28N6O2. The molecule has 0 saturated heterocycles. The molecule has 0 aliphatic heterocycles. The first-order chi connectivity index (χ1) is 17.1. The number of amides is 1. The van der Waals surface area contributed by atoms with Crippen molar-refractivity contribution in [3.63, 3.8) is 0 Å².